The molecule has 1 aromatic rings. The quantitative estimate of drug-likeness (QED) is 0.577. The molecule has 3 N–H and O–H groups in total. The van der Waals surface area contributed by atoms with Crippen LogP contribution in [-0.2, 0) is 26.2 Å². The zero-order valence-electron chi connectivity index (χ0n) is 15.1. The van der Waals surface area contributed by atoms with Gasteiger partial charge in [-0.2, -0.15) is 0 Å². The Balaban J connectivity index is 1.56. The molecular formula is C17H22N4O5S. The van der Waals surface area contributed by atoms with Gasteiger partial charge in [0.05, 0.1) is 6.26 Å². The zero-order chi connectivity index (χ0) is 19.8. The molecule has 1 heterocycles. The number of imide groups is 1. The van der Waals surface area contributed by atoms with Gasteiger partial charge in [0, 0.05) is 12.2 Å². The Labute approximate surface area is 157 Å². The first kappa shape index (κ1) is 19.2. The molecule has 2 aliphatic rings. The second kappa shape index (κ2) is 6.84. The summed E-state index contributed by atoms with van der Waals surface area (Å²) in [6, 6.07) is 6.03. The van der Waals surface area contributed by atoms with Crippen LogP contribution < -0.4 is 15.4 Å². The summed E-state index contributed by atoms with van der Waals surface area (Å²) in [5.41, 5.74) is 0.152. The highest BCUT2D eigenvalue weighted by molar-refractivity contribution is 7.92. The third-order valence-electron chi connectivity index (χ3n) is 4.72. The van der Waals surface area contributed by atoms with Crippen LogP contribution in [0.3, 0.4) is 0 Å². The van der Waals surface area contributed by atoms with E-state index in [1.165, 1.54) is 0 Å². The first-order valence-electron chi connectivity index (χ1n) is 8.56. The number of urea groups is 1. The fraction of sp³-hybridized carbons (Fsp3) is 0.471. The summed E-state index contributed by atoms with van der Waals surface area (Å²) in [7, 11) is -3.39. The molecule has 3 rings (SSSR count). The van der Waals surface area contributed by atoms with Crippen molar-refractivity contribution in [2.75, 3.05) is 17.5 Å². The Kier molecular flexibility index (Phi) is 4.85. The van der Waals surface area contributed by atoms with E-state index in [1.807, 2.05) is 0 Å². The van der Waals surface area contributed by atoms with Crippen molar-refractivity contribution in [1.82, 2.24) is 15.5 Å². The highest BCUT2D eigenvalue weighted by Gasteiger charge is 2.56. The van der Waals surface area contributed by atoms with Gasteiger partial charge in [0.15, 0.2) is 0 Å². The van der Waals surface area contributed by atoms with Gasteiger partial charge in [0.1, 0.15) is 12.1 Å². The molecule has 27 heavy (non-hydrogen) atoms. The normalized spacial score (nSPS) is 22.5. The van der Waals surface area contributed by atoms with Crippen LogP contribution in [0.4, 0.5) is 10.5 Å². The molecule has 0 spiro atoms. The van der Waals surface area contributed by atoms with Crippen LogP contribution in [0.5, 0.6) is 0 Å². The summed E-state index contributed by atoms with van der Waals surface area (Å²) in [5.74, 6) is -0.711. The molecule has 10 heteroatoms. The molecular weight excluding hydrogens is 372 g/mol. The van der Waals surface area contributed by atoms with Crippen molar-refractivity contribution >= 4 is 33.6 Å². The van der Waals surface area contributed by atoms with Crippen molar-refractivity contribution in [1.29, 1.82) is 0 Å². The molecule has 2 fully saturated rings. The van der Waals surface area contributed by atoms with Gasteiger partial charge in [0.25, 0.3) is 5.91 Å². The average Bonchev–Trinajstić information content (AvgIpc) is 3.38. The number of hydrogen-bond acceptors (Lipinski definition) is 5. The minimum Gasteiger partial charge on any atom is -0.350 e. The Bertz CT molecular complexity index is 896. The second-order valence-corrected chi connectivity index (χ2v) is 8.90. The molecule has 0 radical (unpaired) electrons. The van der Waals surface area contributed by atoms with E-state index in [4.69, 9.17) is 0 Å². The largest absolute Gasteiger partial charge is 0.350 e. The molecule has 1 aromatic carbocycles. The molecule has 4 amide bonds. The first-order valence-corrected chi connectivity index (χ1v) is 10.5. The molecule has 1 atom stereocenters. The second-order valence-electron chi connectivity index (χ2n) is 7.15. The Morgan fingerprint density at radius 2 is 2.04 bits per heavy atom. The van der Waals surface area contributed by atoms with Gasteiger partial charge in [-0.15, -0.1) is 0 Å². The van der Waals surface area contributed by atoms with E-state index in [1.54, 1.807) is 31.2 Å². The van der Waals surface area contributed by atoms with Crippen LogP contribution in [0.15, 0.2) is 24.3 Å². The molecule has 1 aliphatic heterocycles. The van der Waals surface area contributed by atoms with Crippen molar-refractivity contribution in [3.05, 3.63) is 29.8 Å². The minimum atomic E-state index is -3.39. The van der Waals surface area contributed by atoms with Gasteiger partial charge in [-0.3, -0.25) is 19.2 Å². The Morgan fingerprint density at radius 1 is 1.33 bits per heavy atom. The molecule has 0 aromatic heterocycles. The summed E-state index contributed by atoms with van der Waals surface area (Å²) in [5, 5.41) is 5.33. The number of amides is 4. The maximum absolute atomic E-state index is 12.5. The summed E-state index contributed by atoms with van der Waals surface area (Å²) in [6.45, 7) is 1.49. The summed E-state index contributed by atoms with van der Waals surface area (Å²) >= 11 is 0. The molecule has 1 saturated carbocycles. The van der Waals surface area contributed by atoms with E-state index >= 15 is 0 Å². The van der Waals surface area contributed by atoms with Crippen molar-refractivity contribution in [3.8, 4) is 0 Å². The lowest BCUT2D eigenvalue weighted by molar-refractivity contribution is -0.135. The predicted octanol–water partition coefficient (Wildman–Crippen LogP) is 0.395. The first-order chi connectivity index (χ1) is 12.6. The number of nitrogens with one attached hydrogen (secondary N) is 3. The lowest BCUT2D eigenvalue weighted by Gasteiger charge is -2.20. The topological polar surface area (TPSA) is 125 Å². The smallest absolute Gasteiger partial charge is 0.325 e. The minimum absolute atomic E-state index is 0.132. The number of hydrogen-bond donors (Lipinski definition) is 3. The number of anilines is 1. The third kappa shape index (κ3) is 4.38. The summed E-state index contributed by atoms with van der Waals surface area (Å²) in [6.07, 6.45) is 2.83. The lowest BCUT2D eigenvalue weighted by atomic mass is 9.96. The van der Waals surface area contributed by atoms with E-state index in [0.717, 1.165) is 24.0 Å². The number of carbonyl (C=O) groups excluding carboxylic acids is 3. The summed E-state index contributed by atoms with van der Waals surface area (Å²) in [4.78, 5) is 37.7. The molecule has 146 valence electrons. The standard InChI is InChI=1S/C17H22N4O5S/c1-17(12-6-7-12)15(23)21(16(24)19-17)10-14(22)18-9-11-4-3-5-13(8-11)20-27(2,25)26/h3-5,8,12,20H,6-7,9-10H2,1-2H3,(H,18,22)(H,19,24)/t17-/m1/s1. The lowest BCUT2D eigenvalue weighted by Crippen LogP contribution is -2.46. The summed E-state index contributed by atoms with van der Waals surface area (Å²) < 4.78 is 24.9. The van der Waals surface area contributed by atoms with Gasteiger partial charge in [-0.25, -0.2) is 13.2 Å². The van der Waals surface area contributed by atoms with Crippen molar-refractivity contribution in [3.63, 3.8) is 0 Å². The Hall–Kier alpha value is -2.62. The van der Waals surface area contributed by atoms with E-state index in [-0.39, 0.29) is 24.9 Å². The highest BCUT2D eigenvalue weighted by atomic mass is 32.2. The number of carbonyl (C=O) groups is 3. The van der Waals surface area contributed by atoms with Gasteiger partial charge >= 0.3 is 6.03 Å². The molecule has 1 aliphatic carbocycles. The zero-order valence-corrected chi connectivity index (χ0v) is 15.9. The van der Waals surface area contributed by atoms with E-state index < -0.39 is 27.5 Å². The van der Waals surface area contributed by atoms with Crippen LogP contribution in [0, 0.1) is 5.92 Å². The maximum atomic E-state index is 12.5. The van der Waals surface area contributed by atoms with Gasteiger partial charge in [-0.1, -0.05) is 12.1 Å². The van der Waals surface area contributed by atoms with Gasteiger partial charge < -0.3 is 10.6 Å². The third-order valence-corrected chi connectivity index (χ3v) is 5.32. The molecule has 0 unspecified atom stereocenters. The van der Waals surface area contributed by atoms with Crippen LogP contribution >= 0.6 is 0 Å². The van der Waals surface area contributed by atoms with E-state index in [0.29, 0.717) is 11.3 Å². The SMILES string of the molecule is C[C@]1(C2CC2)NC(=O)N(CC(=O)NCc2cccc(NS(C)(=O)=O)c2)C1=O. The molecule has 1 saturated heterocycles. The van der Waals surface area contributed by atoms with Crippen molar-refractivity contribution in [2.45, 2.75) is 31.8 Å². The predicted molar refractivity (Wildman–Crippen MR) is 98.1 cm³/mol. The average molecular weight is 394 g/mol. The van der Waals surface area contributed by atoms with Crippen LogP contribution in [0.1, 0.15) is 25.3 Å². The van der Waals surface area contributed by atoms with Gasteiger partial charge in [-0.05, 0) is 43.4 Å². The van der Waals surface area contributed by atoms with Crippen LogP contribution in [-0.4, -0.2) is 49.5 Å². The Morgan fingerprint density at radius 3 is 2.67 bits per heavy atom. The number of rotatable bonds is 7. The van der Waals surface area contributed by atoms with Crippen molar-refractivity contribution < 1.29 is 22.8 Å². The highest BCUT2D eigenvalue weighted by Crippen LogP contribution is 2.42. The monoisotopic (exact) mass is 394 g/mol. The maximum Gasteiger partial charge on any atom is 0.325 e. The number of benzene rings is 1. The van der Waals surface area contributed by atoms with Crippen LogP contribution in [0.25, 0.3) is 0 Å². The fourth-order valence-electron chi connectivity index (χ4n) is 3.16. The number of sulfonamides is 1. The fourth-order valence-corrected chi connectivity index (χ4v) is 3.71. The van der Waals surface area contributed by atoms with Gasteiger partial charge in [0.2, 0.25) is 15.9 Å². The van der Waals surface area contributed by atoms with Crippen LogP contribution in [0.2, 0.25) is 0 Å². The number of nitrogens with zero attached hydrogens (tertiary/aromatic N) is 1. The molecule has 0 bridgehead atoms. The van der Waals surface area contributed by atoms with Crippen molar-refractivity contribution in [2.24, 2.45) is 5.92 Å². The molecule has 9 nitrogen and oxygen atoms in total. The van der Waals surface area contributed by atoms with E-state index in [2.05, 4.69) is 15.4 Å². The van der Waals surface area contributed by atoms with E-state index in [9.17, 15) is 22.8 Å².